The second-order valence-corrected chi connectivity index (χ2v) is 9.61. The van der Waals surface area contributed by atoms with E-state index in [0.29, 0.717) is 34.2 Å². The van der Waals surface area contributed by atoms with E-state index in [0.717, 1.165) is 12.0 Å². The Morgan fingerprint density at radius 3 is 2.56 bits per heavy atom. The van der Waals surface area contributed by atoms with Crippen molar-refractivity contribution in [3.8, 4) is 0 Å². The number of aryl methyl sites for hydroxylation is 1. The molecule has 17 heteroatoms. The Labute approximate surface area is 214 Å². The van der Waals surface area contributed by atoms with Gasteiger partial charge in [0.2, 0.25) is 0 Å². The van der Waals surface area contributed by atoms with Gasteiger partial charge >= 0.3 is 0 Å². The quantitative estimate of drug-likeness (QED) is 0.0897. The minimum absolute atomic E-state index is 0.0821. The fourth-order valence-electron chi connectivity index (χ4n) is 2.80. The van der Waals surface area contributed by atoms with Gasteiger partial charge in [-0.3, -0.25) is 13.5 Å². The SMILES string of the molecule is CC1=NN(c2ccc(SOOCCOSOOO)cc2)C(=O)C1N=Nc1ccc(C)c(S(=O)(=O)O)c1. The topological polar surface area (TPSA) is 178 Å². The molecule has 0 aromatic heterocycles. The molecule has 14 nitrogen and oxygen atoms in total. The Morgan fingerprint density at radius 2 is 1.86 bits per heavy atom. The zero-order valence-electron chi connectivity index (χ0n) is 18.7. The Balaban J connectivity index is 1.56. The monoisotopic (exact) mass is 560 g/mol. The number of azo groups is 1. The van der Waals surface area contributed by atoms with Crippen molar-refractivity contribution in [1.29, 1.82) is 0 Å². The lowest BCUT2D eigenvalue weighted by molar-refractivity contribution is -0.434. The first kappa shape index (κ1) is 28.1. The number of hydrogen-bond acceptors (Lipinski definition) is 14. The third-order valence-corrected chi connectivity index (χ3v) is 6.45. The maximum Gasteiger partial charge on any atom is 0.294 e. The van der Waals surface area contributed by atoms with Gasteiger partial charge in [0.15, 0.2) is 18.4 Å². The molecule has 0 saturated carbocycles. The van der Waals surface area contributed by atoms with E-state index in [2.05, 4.69) is 24.7 Å². The highest BCUT2D eigenvalue weighted by molar-refractivity contribution is 7.94. The second-order valence-electron chi connectivity index (χ2n) is 6.93. The summed E-state index contributed by atoms with van der Waals surface area (Å²) in [6.07, 6.45) is 0. The van der Waals surface area contributed by atoms with Gasteiger partial charge in [-0.1, -0.05) is 11.1 Å². The molecule has 1 aliphatic rings. The van der Waals surface area contributed by atoms with Gasteiger partial charge in [-0.25, -0.2) is 10.1 Å². The lowest BCUT2D eigenvalue weighted by Gasteiger charge is -2.13. The number of hydrazone groups is 1. The molecule has 0 fully saturated rings. The predicted octanol–water partition coefficient (Wildman–Crippen LogP) is 4.07. The lowest BCUT2D eigenvalue weighted by Crippen LogP contribution is -2.29. The van der Waals surface area contributed by atoms with Crippen LogP contribution in [0.15, 0.2) is 67.6 Å². The Morgan fingerprint density at radius 1 is 1.11 bits per heavy atom. The van der Waals surface area contributed by atoms with Gasteiger partial charge in [0.1, 0.15) is 6.61 Å². The van der Waals surface area contributed by atoms with Crippen LogP contribution in [0.25, 0.3) is 0 Å². The van der Waals surface area contributed by atoms with Crippen molar-refractivity contribution < 1.29 is 45.8 Å². The highest BCUT2D eigenvalue weighted by atomic mass is 32.2. The highest BCUT2D eigenvalue weighted by Crippen LogP contribution is 2.28. The van der Waals surface area contributed by atoms with Crippen molar-refractivity contribution >= 4 is 57.5 Å². The number of amides is 1. The molecule has 1 unspecified atom stereocenters. The summed E-state index contributed by atoms with van der Waals surface area (Å²) in [5.41, 5.74) is 1.40. The molecule has 1 amide bonds. The van der Waals surface area contributed by atoms with Crippen LogP contribution in [0, 0.1) is 6.92 Å². The molecule has 194 valence electrons. The van der Waals surface area contributed by atoms with Crippen LogP contribution in [0.1, 0.15) is 12.5 Å². The van der Waals surface area contributed by atoms with E-state index in [1.165, 1.54) is 30.1 Å². The van der Waals surface area contributed by atoms with Crippen LogP contribution in [-0.4, -0.2) is 49.1 Å². The smallest absolute Gasteiger partial charge is 0.287 e. The van der Waals surface area contributed by atoms with Gasteiger partial charge in [0.05, 0.1) is 40.6 Å². The van der Waals surface area contributed by atoms with Crippen LogP contribution in [0.4, 0.5) is 11.4 Å². The molecule has 1 atom stereocenters. The van der Waals surface area contributed by atoms with E-state index in [1.54, 1.807) is 31.2 Å². The van der Waals surface area contributed by atoms with Gasteiger partial charge in [0.25, 0.3) is 16.0 Å². The van der Waals surface area contributed by atoms with Gasteiger partial charge in [-0.05, 0) is 55.8 Å². The Bertz CT molecular complexity index is 1220. The van der Waals surface area contributed by atoms with Crippen molar-refractivity contribution in [2.24, 2.45) is 15.3 Å². The summed E-state index contributed by atoms with van der Waals surface area (Å²) in [5, 5.41) is 24.7. The largest absolute Gasteiger partial charge is 0.294 e. The van der Waals surface area contributed by atoms with E-state index in [-0.39, 0.29) is 23.8 Å². The summed E-state index contributed by atoms with van der Waals surface area (Å²) in [5.74, 6) is -0.438. The third kappa shape index (κ3) is 7.77. The van der Waals surface area contributed by atoms with Crippen molar-refractivity contribution in [3.05, 3.63) is 48.0 Å². The van der Waals surface area contributed by atoms with Gasteiger partial charge in [-0.15, -0.1) is 4.33 Å². The first-order valence-corrected chi connectivity index (χ1v) is 12.8. The highest BCUT2D eigenvalue weighted by Gasteiger charge is 2.34. The molecule has 0 spiro atoms. The van der Waals surface area contributed by atoms with Crippen LogP contribution in [0.5, 0.6) is 0 Å². The molecular formula is C19H20N4O10S3. The minimum Gasteiger partial charge on any atom is -0.287 e. The fraction of sp³-hybridized carbons (Fsp3) is 0.263. The van der Waals surface area contributed by atoms with Crippen molar-refractivity contribution in [1.82, 2.24) is 0 Å². The summed E-state index contributed by atoms with van der Waals surface area (Å²) in [4.78, 5) is 18.2. The normalized spacial score (nSPS) is 16.2. The lowest BCUT2D eigenvalue weighted by atomic mass is 10.2. The molecule has 3 rings (SSSR count). The maximum absolute atomic E-state index is 12.9. The van der Waals surface area contributed by atoms with E-state index in [4.69, 9.17) is 18.7 Å². The number of hydrogen-bond donors (Lipinski definition) is 2. The van der Waals surface area contributed by atoms with Crippen LogP contribution < -0.4 is 5.01 Å². The number of rotatable bonds is 13. The van der Waals surface area contributed by atoms with Crippen molar-refractivity contribution in [2.45, 2.75) is 29.7 Å². The molecule has 2 aromatic rings. The Hall–Kier alpha value is -2.45. The number of carbonyl (C=O) groups is 1. The molecule has 0 radical (unpaired) electrons. The summed E-state index contributed by atoms with van der Waals surface area (Å²) >= 11 is 1.36. The fourth-order valence-corrected chi connectivity index (χ4v) is 4.19. The zero-order chi connectivity index (χ0) is 26.1. The van der Waals surface area contributed by atoms with Crippen molar-refractivity contribution in [3.63, 3.8) is 0 Å². The van der Waals surface area contributed by atoms with Crippen LogP contribution in [0.2, 0.25) is 0 Å². The van der Waals surface area contributed by atoms with Crippen molar-refractivity contribution in [2.75, 3.05) is 18.2 Å². The number of anilines is 1. The molecule has 0 aliphatic carbocycles. The maximum atomic E-state index is 12.9. The van der Waals surface area contributed by atoms with E-state index < -0.39 is 22.1 Å². The minimum atomic E-state index is -4.42. The van der Waals surface area contributed by atoms with Crippen LogP contribution in [-0.2, 0) is 37.7 Å². The third-order valence-electron chi connectivity index (χ3n) is 4.45. The average Bonchev–Trinajstić information content (AvgIpc) is 3.13. The molecule has 2 aromatic carbocycles. The first-order valence-electron chi connectivity index (χ1n) is 9.91. The van der Waals surface area contributed by atoms with Crippen LogP contribution >= 0.6 is 24.4 Å². The number of nitrogens with zero attached hydrogens (tertiary/aromatic N) is 4. The number of carbonyl (C=O) groups excluding carboxylic acids is 1. The summed E-state index contributed by atoms with van der Waals surface area (Å²) in [6, 6.07) is 9.89. The molecule has 36 heavy (non-hydrogen) atoms. The first-order chi connectivity index (χ1) is 17.2. The molecule has 1 aliphatic heterocycles. The average molecular weight is 561 g/mol. The molecule has 0 bridgehead atoms. The summed E-state index contributed by atoms with van der Waals surface area (Å²) < 4.78 is 46.1. The number of benzene rings is 2. The molecule has 1 heterocycles. The van der Waals surface area contributed by atoms with Gasteiger partial charge in [-0.2, -0.15) is 33.1 Å². The molecule has 0 saturated heterocycles. The van der Waals surface area contributed by atoms with E-state index in [1.807, 2.05) is 0 Å². The van der Waals surface area contributed by atoms with Gasteiger partial charge in [0, 0.05) is 4.90 Å². The molecule has 2 N–H and O–H groups in total. The Kier molecular flexibility index (Phi) is 10.3. The summed E-state index contributed by atoms with van der Waals surface area (Å²) in [7, 11) is -4.42. The molecular weight excluding hydrogens is 540 g/mol. The van der Waals surface area contributed by atoms with E-state index >= 15 is 0 Å². The van der Waals surface area contributed by atoms with Crippen LogP contribution in [0.3, 0.4) is 0 Å². The summed E-state index contributed by atoms with van der Waals surface area (Å²) in [6.45, 7) is 3.34. The van der Waals surface area contributed by atoms with Gasteiger partial charge < -0.3 is 0 Å². The second kappa shape index (κ2) is 13.2. The van der Waals surface area contributed by atoms with E-state index in [9.17, 15) is 17.8 Å². The standard InChI is InChI=1S/C19H20N4O10S3/c1-12-3-4-14(11-17(12)36(26,27)28)20-21-18-13(2)22-23(19(18)24)15-5-7-16(8-6-15)34-32-29-9-10-30-35-33-31-25/h3-8,11,18,25H,9-10H2,1-2H3,(H,26,27,28). The predicted molar refractivity (Wildman–Crippen MR) is 128 cm³/mol. The zero-order valence-corrected chi connectivity index (χ0v) is 21.2.